The molecule has 1 atom stereocenters. The van der Waals surface area contributed by atoms with Crippen LogP contribution >= 0.6 is 0 Å². The van der Waals surface area contributed by atoms with Crippen molar-refractivity contribution in [1.29, 1.82) is 0 Å². The van der Waals surface area contributed by atoms with Crippen molar-refractivity contribution in [3.63, 3.8) is 0 Å². The van der Waals surface area contributed by atoms with Gasteiger partial charge < -0.3 is 9.73 Å². The maximum absolute atomic E-state index is 12.2. The van der Waals surface area contributed by atoms with E-state index in [2.05, 4.69) is 37.7 Å². The Labute approximate surface area is 128 Å². The van der Waals surface area contributed by atoms with Gasteiger partial charge in [-0.1, -0.05) is 27.7 Å². The minimum Gasteiger partial charge on any atom is -0.447 e. The monoisotopic (exact) mass is 316 g/mol. The van der Waals surface area contributed by atoms with E-state index in [-0.39, 0.29) is 11.1 Å². The van der Waals surface area contributed by atoms with E-state index in [0.29, 0.717) is 24.1 Å². The van der Waals surface area contributed by atoms with E-state index in [4.69, 9.17) is 4.42 Å². The van der Waals surface area contributed by atoms with Gasteiger partial charge in [0.2, 0.25) is 5.09 Å². The van der Waals surface area contributed by atoms with Crippen LogP contribution in [-0.2, 0) is 16.6 Å². The maximum atomic E-state index is 12.2. The molecule has 0 fully saturated rings. The number of sulfonamides is 1. The van der Waals surface area contributed by atoms with Crippen molar-refractivity contribution in [2.45, 2.75) is 58.7 Å². The predicted molar refractivity (Wildman–Crippen MR) is 84.5 cm³/mol. The van der Waals surface area contributed by atoms with Crippen molar-refractivity contribution in [2.75, 3.05) is 6.54 Å². The zero-order valence-corrected chi connectivity index (χ0v) is 14.5. The fraction of sp³-hybridized carbons (Fsp3) is 0.733. The lowest BCUT2D eigenvalue weighted by atomic mass is 10.1. The van der Waals surface area contributed by atoms with Crippen LogP contribution in [0.1, 0.15) is 46.8 Å². The first-order chi connectivity index (χ1) is 9.70. The Hall–Kier alpha value is -0.850. The van der Waals surface area contributed by atoms with Crippen LogP contribution in [0.4, 0.5) is 0 Å². The number of hydrogen-bond donors (Lipinski definition) is 2. The summed E-state index contributed by atoms with van der Waals surface area (Å²) in [4.78, 5) is 0. The highest BCUT2D eigenvalue weighted by atomic mass is 32.2. The molecule has 0 aliphatic rings. The van der Waals surface area contributed by atoms with Gasteiger partial charge in [-0.15, -0.1) is 0 Å². The Bertz CT molecular complexity index is 521. The van der Waals surface area contributed by atoms with Crippen LogP contribution in [0.5, 0.6) is 0 Å². The van der Waals surface area contributed by atoms with Crippen LogP contribution in [0.15, 0.2) is 21.6 Å². The second-order valence-corrected chi connectivity index (χ2v) is 8.04. The first kappa shape index (κ1) is 18.2. The molecule has 1 rings (SSSR count). The quantitative estimate of drug-likeness (QED) is 0.735. The SMILES string of the molecule is CC(C)CNCc1ccc(S(=O)(=O)NC(C)CC(C)C)o1. The van der Waals surface area contributed by atoms with Crippen LogP contribution < -0.4 is 10.0 Å². The van der Waals surface area contributed by atoms with E-state index in [1.54, 1.807) is 6.07 Å². The summed E-state index contributed by atoms with van der Waals surface area (Å²) in [6.07, 6.45) is 0.794. The summed E-state index contributed by atoms with van der Waals surface area (Å²) in [6.45, 7) is 11.6. The lowest BCUT2D eigenvalue weighted by molar-refractivity contribution is 0.390. The van der Waals surface area contributed by atoms with Crippen LogP contribution in [0.2, 0.25) is 0 Å². The zero-order chi connectivity index (χ0) is 16.0. The Morgan fingerprint density at radius 1 is 1.10 bits per heavy atom. The molecule has 0 saturated carbocycles. The maximum Gasteiger partial charge on any atom is 0.274 e. The predicted octanol–water partition coefficient (Wildman–Crippen LogP) is 2.74. The summed E-state index contributed by atoms with van der Waals surface area (Å²) >= 11 is 0. The molecule has 6 heteroatoms. The van der Waals surface area contributed by atoms with Crippen molar-refractivity contribution in [2.24, 2.45) is 11.8 Å². The van der Waals surface area contributed by atoms with Gasteiger partial charge in [0.25, 0.3) is 10.0 Å². The van der Waals surface area contributed by atoms with E-state index in [1.165, 1.54) is 6.07 Å². The van der Waals surface area contributed by atoms with Crippen LogP contribution in [0.3, 0.4) is 0 Å². The minimum atomic E-state index is -3.57. The van der Waals surface area contributed by atoms with Crippen LogP contribution in [0.25, 0.3) is 0 Å². The molecule has 122 valence electrons. The molecule has 1 unspecified atom stereocenters. The van der Waals surface area contributed by atoms with Gasteiger partial charge in [0.1, 0.15) is 5.76 Å². The summed E-state index contributed by atoms with van der Waals surface area (Å²) in [5, 5.41) is 3.21. The van der Waals surface area contributed by atoms with Gasteiger partial charge >= 0.3 is 0 Å². The van der Waals surface area contributed by atoms with Gasteiger partial charge in [-0.2, -0.15) is 0 Å². The molecule has 5 nitrogen and oxygen atoms in total. The van der Waals surface area contributed by atoms with Gasteiger partial charge in [-0.05, 0) is 43.9 Å². The molecule has 0 saturated heterocycles. The third kappa shape index (κ3) is 6.63. The Kier molecular flexibility index (Phi) is 6.90. The zero-order valence-electron chi connectivity index (χ0n) is 13.6. The molecule has 0 bridgehead atoms. The number of rotatable bonds is 9. The number of hydrogen-bond acceptors (Lipinski definition) is 4. The second-order valence-electron chi connectivity index (χ2n) is 6.40. The van der Waals surface area contributed by atoms with Gasteiger partial charge in [-0.3, -0.25) is 0 Å². The summed E-state index contributed by atoms with van der Waals surface area (Å²) in [6, 6.07) is 3.11. The molecule has 1 heterocycles. The summed E-state index contributed by atoms with van der Waals surface area (Å²) in [7, 11) is -3.57. The van der Waals surface area contributed by atoms with Crippen molar-refractivity contribution in [3.05, 3.63) is 17.9 Å². The molecular formula is C15H28N2O3S. The lowest BCUT2D eigenvalue weighted by Gasteiger charge is -2.14. The average molecular weight is 316 g/mol. The third-order valence-electron chi connectivity index (χ3n) is 2.93. The fourth-order valence-corrected chi connectivity index (χ4v) is 3.37. The molecule has 0 aliphatic carbocycles. The summed E-state index contributed by atoms with van der Waals surface area (Å²) in [5.41, 5.74) is 0. The molecule has 0 amide bonds. The minimum absolute atomic E-state index is 0.0144. The molecule has 0 aromatic carbocycles. The third-order valence-corrected chi connectivity index (χ3v) is 4.40. The lowest BCUT2D eigenvalue weighted by Crippen LogP contribution is -2.33. The molecule has 1 aromatic rings. The largest absolute Gasteiger partial charge is 0.447 e. The van der Waals surface area contributed by atoms with E-state index in [1.807, 2.05) is 6.92 Å². The molecule has 2 N–H and O–H groups in total. The highest BCUT2D eigenvalue weighted by Crippen LogP contribution is 2.15. The average Bonchev–Trinajstić information content (AvgIpc) is 2.75. The normalized spacial score (nSPS) is 14.0. The van der Waals surface area contributed by atoms with E-state index >= 15 is 0 Å². The molecule has 0 radical (unpaired) electrons. The Balaban J connectivity index is 2.61. The fourth-order valence-electron chi connectivity index (χ4n) is 2.16. The Morgan fingerprint density at radius 3 is 2.33 bits per heavy atom. The van der Waals surface area contributed by atoms with Gasteiger partial charge in [0.15, 0.2) is 0 Å². The summed E-state index contributed by atoms with van der Waals surface area (Å²) in [5.74, 6) is 1.62. The molecule has 0 spiro atoms. The molecule has 0 aliphatic heterocycles. The number of furan rings is 1. The van der Waals surface area contributed by atoms with Crippen molar-refractivity contribution >= 4 is 10.0 Å². The molecule has 21 heavy (non-hydrogen) atoms. The van der Waals surface area contributed by atoms with E-state index in [9.17, 15) is 8.42 Å². The van der Waals surface area contributed by atoms with Gasteiger partial charge in [-0.25, -0.2) is 13.1 Å². The van der Waals surface area contributed by atoms with Gasteiger partial charge in [0.05, 0.1) is 6.54 Å². The van der Waals surface area contributed by atoms with Crippen LogP contribution in [0, 0.1) is 11.8 Å². The van der Waals surface area contributed by atoms with Crippen molar-refractivity contribution in [3.8, 4) is 0 Å². The van der Waals surface area contributed by atoms with E-state index < -0.39 is 10.0 Å². The topological polar surface area (TPSA) is 71.3 Å². The first-order valence-corrected chi connectivity index (χ1v) is 9.00. The number of nitrogens with one attached hydrogen (secondary N) is 2. The van der Waals surface area contributed by atoms with E-state index in [0.717, 1.165) is 13.0 Å². The van der Waals surface area contributed by atoms with Crippen molar-refractivity contribution < 1.29 is 12.8 Å². The molecule has 1 aromatic heterocycles. The van der Waals surface area contributed by atoms with Crippen molar-refractivity contribution in [1.82, 2.24) is 10.0 Å². The molecular weight excluding hydrogens is 288 g/mol. The highest BCUT2D eigenvalue weighted by molar-refractivity contribution is 7.89. The second kappa shape index (κ2) is 7.96. The smallest absolute Gasteiger partial charge is 0.274 e. The standard InChI is InChI=1S/C15H28N2O3S/c1-11(2)8-13(5)17-21(18,19)15-7-6-14(20-15)10-16-9-12(3)4/h6-7,11-13,16-17H,8-10H2,1-5H3. The first-order valence-electron chi connectivity index (χ1n) is 7.52. The summed E-state index contributed by atoms with van der Waals surface area (Å²) < 4.78 is 32.5. The van der Waals surface area contributed by atoms with Gasteiger partial charge in [0, 0.05) is 6.04 Å². The Morgan fingerprint density at radius 2 is 1.76 bits per heavy atom. The highest BCUT2D eigenvalue weighted by Gasteiger charge is 2.21. The van der Waals surface area contributed by atoms with Crippen LogP contribution in [-0.4, -0.2) is 21.0 Å².